The molecule has 0 heterocycles. The molecule has 0 saturated heterocycles. The maximum atomic E-state index is 11.0. The van der Waals surface area contributed by atoms with E-state index >= 15 is 0 Å². The topological polar surface area (TPSA) is 58.6 Å². The number of carbonyl (C=O) groups is 1. The van der Waals surface area contributed by atoms with Gasteiger partial charge in [0.25, 0.3) is 0 Å². The summed E-state index contributed by atoms with van der Waals surface area (Å²) in [6.07, 6.45) is 0. The van der Waals surface area contributed by atoms with Gasteiger partial charge in [-0.3, -0.25) is 0 Å². The van der Waals surface area contributed by atoms with Gasteiger partial charge >= 0.3 is 5.97 Å². The fourth-order valence-electron chi connectivity index (χ4n) is 2.06. The lowest BCUT2D eigenvalue weighted by atomic mass is 10.1. The van der Waals surface area contributed by atoms with E-state index in [1.807, 2.05) is 31.2 Å². The number of aromatic carboxylic acids is 1. The number of hydrogen-bond donors (Lipinski definition) is 2. The van der Waals surface area contributed by atoms with Gasteiger partial charge in [-0.05, 0) is 55.3 Å². The molecule has 0 unspecified atom stereocenters. The van der Waals surface area contributed by atoms with Crippen molar-refractivity contribution in [2.45, 2.75) is 13.8 Å². The molecule has 0 aliphatic carbocycles. The lowest BCUT2D eigenvalue weighted by Crippen LogP contribution is -2.01. The lowest BCUT2D eigenvalue weighted by molar-refractivity contribution is 0.0696. The van der Waals surface area contributed by atoms with Crippen LogP contribution >= 0.6 is 0 Å². The second-order valence-corrected chi connectivity index (χ2v) is 4.66. The summed E-state index contributed by atoms with van der Waals surface area (Å²) in [6, 6.07) is 11.0. The van der Waals surface area contributed by atoms with E-state index in [9.17, 15) is 4.79 Å². The summed E-state index contributed by atoms with van der Waals surface area (Å²) in [5, 5.41) is 12.3. The predicted molar refractivity (Wildman–Crippen MR) is 79.2 cm³/mol. The Kier molecular flexibility index (Phi) is 3.94. The molecule has 4 heteroatoms. The molecule has 0 atom stereocenters. The number of carboxylic acids is 1. The van der Waals surface area contributed by atoms with Crippen molar-refractivity contribution in [3.05, 3.63) is 53.1 Å². The number of hydrogen-bond acceptors (Lipinski definition) is 3. The van der Waals surface area contributed by atoms with Gasteiger partial charge in [0, 0.05) is 5.69 Å². The van der Waals surface area contributed by atoms with E-state index < -0.39 is 5.97 Å². The molecule has 0 amide bonds. The largest absolute Gasteiger partial charge is 0.495 e. The Labute approximate surface area is 118 Å². The van der Waals surface area contributed by atoms with Crippen LogP contribution in [0.2, 0.25) is 0 Å². The van der Waals surface area contributed by atoms with Gasteiger partial charge in [0.1, 0.15) is 5.75 Å². The number of rotatable bonds is 4. The van der Waals surface area contributed by atoms with E-state index in [4.69, 9.17) is 9.84 Å². The molecule has 0 aliphatic rings. The molecular formula is C16H17NO3. The first-order valence-corrected chi connectivity index (χ1v) is 6.27. The number of nitrogens with one attached hydrogen (secondary N) is 1. The van der Waals surface area contributed by atoms with Crippen molar-refractivity contribution in [1.29, 1.82) is 0 Å². The zero-order valence-corrected chi connectivity index (χ0v) is 11.7. The minimum atomic E-state index is -0.915. The molecule has 0 radical (unpaired) electrons. The van der Waals surface area contributed by atoms with Crippen molar-refractivity contribution in [3.8, 4) is 5.75 Å². The molecule has 20 heavy (non-hydrogen) atoms. The first-order chi connectivity index (χ1) is 9.51. The zero-order chi connectivity index (χ0) is 14.7. The van der Waals surface area contributed by atoms with Crippen molar-refractivity contribution >= 4 is 17.3 Å². The molecule has 0 spiro atoms. The molecule has 0 saturated carbocycles. The Balaban J connectivity index is 2.33. The quantitative estimate of drug-likeness (QED) is 0.889. The maximum Gasteiger partial charge on any atom is 0.335 e. The molecule has 2 aromatic rings. The van der Waals surface area contributed by atoms with Crippen LogP contribution in [0.1, 0.15) is 21.5 Å². The highest BCUT2D eigenvalue weighted by Gasteiger charge is 2.08. The van der Waals surface area contributed by atoms with Gasteiger partial charge in [0.2, 0.25) is 0 Å². The number of anilines is 2. The Morgan fingerprint density at radius 3 is 2.50 bits per heavy atom. The third-order valence-corrected chi connectivity index (χ3v) is 3.09. The molecule has 2 N–H and O–H groups in total. The van der Waals surface area contributed by atoms with Gasteiger partial charge in [-0.25, -0.2) is 4.79 Å². The van der Waals surface area contributed by atoms with E-state index in [1.165, 1.54) is 0 Å². The molecular weight excluding hydrogens is 254 g/mol. The lowest BCUT2D eigenvalue weighted by Gasteiger charge is -2.13. The molecule has 4 nitrogen and oxygen atoms in total. The SMILES string of the molecule is COc1ccc(C)cc1Nc1ccc(C(=O)O)c(C)c1. The summed E-state index contributed by atoms with van der Waals surface area (Å²) >= 11 is 0. The smallest absolute Gasteiger partial charge is 0.335 e. The van der Waals surface area contributed by atoms with Crippen molar-refractivity contribution in [1.82, 2.24) is 0 Å². The highest BCUT2D eigenvalue weighted by atomic mass is 16.5. The summed E-state index contributed by atoms with van der Waals surface area (Å²) in [6.45, 7) is 3.78. The molecule has 2 aromatic carbocycles. The minimum absolute atomic E-state index is 0.312. The molecule has 0 bridgehead atoms. The van der Waals surface area contributed by atoms with E-state index in [0.29, 0.717) is 11.1 Å². The third-order valence-electron chi connectivity index (χ3n) is 3.09. The second-order valence-electron chi connectivity index (χ2n) is 4.66. The summed E-state index contributed by atoms with van der Waals surface area (Å²) < 4.78 is 5.31. The van der Waals surface area contributed by atoms with Crippen LogP contribution in [0, 0.1) is 13.8 Å². The van der Waals surface area contributed by atoms with Crippen LogP contribution in [0.3, 0.4) is 0 Å². The zero-order valence-electron chi connectivity index (χ0n) is 11.7. The van der Waals surface area contributed by atoms with Crippen molar-refractivity contribution in [3.63, 3.8) is 0 Å². The molecule has 0 aliphatic heterocycles. The Morgan fingerprint density at radius 2 is 1.90 bits per heavy atom. The van der Waals surface area contributed by atoms with Gasteiger partial charge in [-0.15, -0.1) is 0 Å². The maximum absolute atomic E-state index is 11.0. The number of benzene rings is 2. The number of carboxylic acid groups (broad SMARTS) is 1. The van der Waals surface area contributed by atoms with E-state index in [0.717, 1.165) is 22.7 Å². The minimum Gasteiger partial charge on any atom is -0.495 e. The first-order valence-electron chi connectivity index (χ1n) is 6.27. The summed E-state index contributed by atoms with van der Waals surface area (Å²) in [4.78, 5) is 11.0. The summed E-state index contributed by atoms with van der Waals surface area (Å²) in [5.41, 5.74) is 3.83. The Hall–Kier alpha value is -2.49. The van der Waals surface area contributed by atoms with Crippen molar-refractivity contribution < 1.29 is 14.6 Å². The summed E-state index contributed by atoms with van der Waals surface area (Å²) in [5.74, 6) is -0.169. The van der Waals surface area contributed by atoms with Crippen LogP contribution in [0.5, 0.6) is 5.75 Å². The summed E-state index contributed by atoms with van der Waals surface area (Å²) in [7, 11) is 1.62. The van der Waals surface area contributed by atoms with Crippen LogP contribution in [0.4, 0.5) is 11.4 Å². The molecule has 0 fully saturated rings. The van der Waals surface area contributed by atoms with Crippen molar-refractivity contribution in [2.24, 2.45) is 0 Å². The average Bonchev–Trinajstić information content (AvgIpc) is 2.38. The van der Waals surface area contributed by atoms with E-state index in [1.54, 1.807) is 26.2 Å². The fourth-order valence-corrected chi connectivity index (χ4v) is 2.06. The highest BCUT2D eigenvalue weighted by molar-refractivity contribution is 5.90. The Bertz CT molecular complexity index is 650. The average molecular weight is 271 g/mol. The van der Waals surface area contributed by atoms with Crippen LogP contribution < -0.4 is 10.1 Å². The van der Waals surface area contributed by atoms with Crippen LogP contribution in [-0.4, -0.2) is 18.2 Å². The van der Waals surface area contributed by atoms with Gasteiger partial charge in [-0.1, -0.05) is 6.07 Å². The standard InChI is InChI=1S/C16H17NO3/c1-10-4-7-15(20-3)14(8-10)17-12-5-6-13(16(18)19)11(2)9-12/h4-9,17H,1-3H3,(H,18,19). The van der Waals surface area contributed by atoms with Gasteiger partial charge < -0.3 is 15.2 Å². The van der Waals surface area contributed by atoms with E-state index in [-0.39, 0.29) is 0 Å². The first kappa shape index (κ1) is 13.9. The normalized spacial score (nSPS) is 10.2. The molecule has 104 valence electrons. The van der Waals surface area contributed by atoms with Crippen molar-refractivity contribution in [2.75, 3.05) is 12.4 Å². The number of methoxy groups -OCH3 is 1. The third kappa shape index (κ3) is 2.91. The molecule has 0 aromatic heterocycles. The number of ether oxygens (including phenoxy) is 1. The van der Waals surface area contributed by atoms with Crippen LogP contribution in [0.25, 0.3) is 0 Å². The van der Waals surface area contributed by atoms with Gasteiger partial charge in [0.15, 0.2) is 0 Å². The Morgan fingerprint density at radius 1 is 1.15 bits per heavy atom. The predicted octanol–water partition coefficient (Wildman–Crippen LogP) is 3.75. The van der Waals surface area contributed by atoms with Crippen LogP contribution in [0.15, 0.2) is 36.4 Å². The van der Waals surface area contributed by atoms with Gasteiger partial charge in [-0.2, -0.15) is 0 Å². The highest BCUT2D eigenvalue weighted by Crippen LogP contribution is 2.29. The molecule has 2 rings (SSSR count). The van der Waals surface area contributed by atoms with E-state index in [2.05, 4.69) is 5.32 Å². The monoisotopic (exact) mass is 271 g/mol. The van der Waals surface area contributed by atoms with Crippen LogP contribution in [-0.2, 0) is 0 Å². The second kappa shape index (κ2) is 5.65. The fraction of sp³-hybridized carbons (Fsp3) is 0.188. The van der Waals surface area contributed by atoms with Gasteiger partial charge in [0.05, 0.1) is 18.4 Å². The number of aryl methyl sites for hydroxylation is 2.